The Bertz CT molecular complexity index is 844. The summed E-state index contributed by atoms with van der Waals surface area (Å²) in [6, 6.07) is 0. The van der Waals surface area contributed by atoms with Gasteiger partial charge < -0.3 is 14.4 Å². The number of carbonyl (C=O) groups excluding carboxylic acids is 1. The van der Waals surface area contributed by atoms with Gasteiger partial charge in [-0.25, -0.2) is 0 Å². The van der Waals surface area contributed by atoms with Crippen molar-refractivity contribution in [1.29, 1.82) is 0 Å². The Balaban J connectivity index is 4.84. The lowest BCUT2D eigenvalue weighted by atomic mass is 9.70. The van der Waals surface area contributed by atoms with Gasteiger partial charge in [-0.3, -0.25) is 4.79 Å². The molecule has 0 fully saturated rings. The van der Waals surface area contributed by atoms with E-state index in [2.05, 4.69) is 101 Å². The first kappa shape index (κ1) is 49.1. The van der Waals surface area contributed by atoms with Crippen molar-refractivity contribution >= 4 is 5.97 Å². The fraction of sp³-hybridized carbons (Fsp3) is 0.935. The fourth-order valence-electron chi connectivity index (χ4n) is 8.74. The van der Waals surface area contributed by atoms with Gasteiger partial charge in [0.05, 0.1) is 6.10 Å². The molecule has 0 heterocycles. The number of nitrogens with zero attached hydrogens (tertiary/aromatic N) is 1. The maximum absolute atomic E-state index is 12.3. The molecule has 0 spiro atoms. The normalized spacial score (nSPS) is 15.5. The van der Waals surface area contributed by atoms with Crippen LogP contribution in [0.5, 0.6) is 0 Å². The van der Waals surface area contributed by atoms with Crippen molar-refractivity contribution in [1.82, 2.24) is 4.90 Å². The van der Waals surface area contributed by atoms with Crippen molar-refractivity contribution in [3.63, 3.8) is 0 Å². The van der Waals surface area contributed by atoms with Crippen LogP contribution < -0.4 is 0 Å². The molecule has 298 valence electrons. The van der Waals surface area contributed by atoms with Crippen molar-refractivity contribution < 1.29 is 14.3 Å². The van der Waals surface area contributed by atoms with Crippen molar-refractivity contribution in [3.8, 4) is 0 Å². The van der Waals surface area contributed by atoms with Crippen LogP contribution in [-0.4, -0.2) is 50.8 Å². The summed E-state index contributed by atoms with van der Waals surface area (Å²) in [5.41, 5.74) is 0.808. The van der Waals surface area contributed by atoms with Gasteiger partial charge in [0.2, 0.25) is 0 Å². The molecule has 0 aromatic carbocycles. The van der Waals surface area contributed by atoms with E-state index in [0.717, 1.165) is 50.7 Å². The first-order valence-electron chi connectivity index (χ1n) is 21.5. The lowest BCUT2D eigenvalue weighted by molar-refractivity contribution is -0.142. The van der Waals surface area contributed by atoms with E-state index >= 15 is 0 Å². The molecule has 0 rings (SSSR count). The van der Waals surface area contributed by atoms with Gasteiger partial charge in [0.25, 0.3) is 0 Å². The van der Waals surface area contributed by atoms with Crippen LogP contribution in [-0.2, 0) is 14.3 Å². The monoisotopic (exact) mass is 706 g/mol. The number of hydrogen-bond acceptors (Lipinski definition) is 4. The zero-order valence-electron chi connectivity index (χ0n) is 36.4. The van der Waals surface area contributed by atoms with E-state index in [-0.39, 0.29) is 16.8 Å². The molecule has 0 aliphatic carbocycles. The number of hydrogen-bond donors (Lipinski definition) is 0. The van der Waals surface area contributed by atoms with E-state index in [1.54, 1.807) is 0 Å². The van der Waals surface area contributed by atoms with Gasteiger partial charge in [-0.1, -0.05) is 133 Å². The molecule has 0 N–H and O–H groups in total. The summed E-state index contributed by atoms with van der Waals surface area (Å²) in [5.74, 6) is 2.22. The average Bonchev–Trinajstić information content (AvgIpc) is 2.98. The molecular weight excluding hydrogens is 615 g/mol. The van der Waals surface area contributed by atoms with Crippen LogP contribution in [0.1, 0.15) is 205 Å². The van der Waals surface area contributed by atoms with Crippen molar-refractivity contribution in [3.05, 3.63) is 12.2 Å². The van der Waals surface area contributed by atoms with Crippen molar-refractivity contribution in [2.45, 2.75) is 211 Å². The molecule has 50 heavy (non-hydrogen) atoms. The SMILES string of the molecule is CCCCCC/C=C\COC(=O)CCCC(C)(C)CC(C)(C)CCCC(CCC(C)CC(C)CCCC)OCCC(C)CC(C)(C)CN(C)C. The largest absolute Gasteiger partial charge is 0.461 e. The van der Waals surface area contributed by atoms with Crippen LogP contribution in [0.2, 0.25) is 0 Å². The Kier molecular flexibility index (Phi) is 27.2. The molecule has 4 unspecified atom stereocenters. The van der Waals surface area contributed by atoms with E-state index in [1.165, 1.54) is 96.3 Å². The van der Waals surface area contributed by atoms with Crippen LogP contribution in [0.3, 0.4) is 0 Å². The van der Waals surface area contributed by atoms with E-state index in [4.69, 9.17) is 9.47 Å². The molecule has 4 heteroatoms. The van der Waals surface area contributed by atoms with Gasteiger partial charge in [-0.2, -0.15) is 0 Å². The van der Waals surface area contributed by atoms with E-state index in [0.29, 0.717) is 30.5 Å². The standard InChI is InChI=1S/C46H91NO3/c1-14-16-18-19-20-21-22-33-50-43(48)27-24-32-45(8,9)37-44(6,7)31-23-26-42(29-28-40(4)35-39(3)25-17-15-2)49-34-30-41(5)36-46(10,11)38-47(12)13/h21-22,39-42H,14-20,23-38H2,1-13H3/b22-21-. The highest BCUT2D eigenvalue weighted by atomic mass is 16.5. The molecule has 0 saturated carbocycles. The van der Waals surface area contributed by atoms with E-state index in [1.807, 2.05) is 6.08 Å². The van der Waals surface area contributed by atoms with Crippen LogP contribution in [0.4, 0.5) is 0 Å². The average molecular weight is 706 g/mol. The Labute approximate surface area is 315 Å². The van der Waals surface area contributed by atoms with Gasteiger partial charge in [0, 0.05) is 19.6 Å². The lowest BCUT2D eigenvalue weighted by Gasteiger charge is -2.35. The molecular formula is C46H91NO3. The van der Waals surface area contributed by atoms with Crippen LogP contribution in [0, 0.1) is 34.0 Å². The molecule has 0 aromatic heterocycles. The number of rotatable bonds is 33. The third-order valence-electron chi connectivity index (χ3n) is 10.7. The summed E-state index contributed by atoms with van der Waals surface area (Å²) in [7, 11) is 4.37. The first-order chi connectivity index (χ1) is 23.4. The second kappa shape index (κ2) is 27.7. The van der Waals surface area contributed by atoms with Crippen molar-refractivity contribution in [2.24, 2.45) is 34.0 Å². The number of allylic oxidation sites excluding steroid dienone is 1. The topological polar surface area (TPSA) is 38.8 Å². The molecule has 0 aliphatic rings. The molecule has 0 saturated heterocycles. The smallest absolute Gasteiger partial charge is 0.306 e. The zero-order valence-corrected chi connectivity index (χ0v) is 36.4. The maximum Gasteiger partial charge on any atom is 0.306 e. The summed E-state index contributed by atoms with van der Waals surface area (Å²) in [6.07, 6.45) is 28.2. The Morgan fingerprint density at radius 2 is 1.32 bits per heavy atom. The fourth-order valence-corrected chi connectivity index (χ4v) is 8.74. The number of unbranched alkanes of at least 4 members (excludes halogenated alkanes) is 5. The molecule has 0 aliphatic heterocycles. The predicted molar refractivity (Wildman–Crippen MR) is 221 cm³/mol. The van der Waals surface area contributed by atoms with Gasteiger partial charge in [-0.15, -0.1) is 0 Å². The summed E-state index contributed by atoms with van der Waals surface area (Å²) < 4.78 is 12.2. The summed E-state index contributed by atoms with van der Waals surface area (Å²) in [4.78, 5) is 14.6. The lowest BCUT2D eigenvalue weighted by Crippen LogP contribution is -2.30. The molecule has 0 radical (unpaired) electrons. The van der Waals surface area contributed by atoms with Crippen LogP contribution in [0.25, 0.3) is 0 Å². The molecule has 0 amide bonds. The molecule has 0 bridgehead atoms. The highest BCUT2D eigenvalue weighted by Crippen LogP contribution is 2.40. The molecule has 4 atom stereocenters. The minimum Gasteiger partial charge on any atom is -0.461 e. The van der Waals surface area contributed by atoms with E-state index < -0.39 is 0 Å². The quantitative estimate of drug-likeness (QED) is 0.0387. The highest BCUT2D eigenvalue weighted by Gasteiger charge is 2.29. The zero-order chi connectivity index (χ0) is 38.1. The summed E-state index contributed by atoms with van der Waals surface area (Å²) >= 11 is 0. The summed E-state index contributed by atoms with van der Waals surface area (Å²) in [5, 5.41) is 0. The number of esters is 1. The maximum atomic E-state index is 12.3. The predicted octanol–water partition coefficient (Wildman–Crippen LogP) is 13.9. The minimum absolute atomic E-state index is 0.0573. The second-order valence-corrected chi connectivity index (χ2v) is 19.4. The van der Waals surface area contributed by atoms with E-state index in [9.17, 15) is 4.79 Å². The van der Waals surface area contributed by atoms with Gasteiger partial charge in [0.15, 0.2) is 0 Å². The molecule has 4 nitrogen and oxygen atoms in total. The van der Waals surface area contributed by atoms with Crippen molar-refractivity contribution in [2.75, 3.05) is 33.9 Å². The number of carbonyl (C=O) groups is 1. The van der Waals surface area contributed by atoms with Gasteiger partial charge in [0.1, 0.15) is 6.61 Å². The Morgan fingerprint density at radius 1 is 0.680 bits per heavy atom. The van der Waals surface area contributed by atoms with Crippen LogP contribution in [0.15, 0.2) is 12.2 Å². The third-order valence-corrected chi connectivity index (χ3v) is 10.7. The Hall–Kier alpha value is -0.870. The second-order valence-electron chi connectivity index (χ2n) is 19.4. The summed E-state index contributed by atoms with van der Waals surface area (Å²) in [6.45, 7) is 28.8. The number of ether oxygens (including phenoxy) is 2. The van der Waals surface area contributed by atoms with Gasteiger partial charge in [-0.05, 0) is 125 Å². The first-order valence-corrected chi connectivity index (χ1v) is 21.5. The minimum atomic E-state index is -0.0573. The Morgan fingerprint density at radius 3 is 1.96 bits per heavy atom. The van der Waals surface area contributed by atoms with Crippen LogP contribution >= 0.6 is 0 Å². The third kappa shape index (κ3) is 29.7. The highest BCUT2D eigenvalue weighted by molar-refractivity contribution is 5.69. The van der Waals surface area contributed by atoms with Gasteiger partial charge >= 0.3 is 5.97 Å². The molecule has 0 aromatic rings.